The van der Waals surface area contributed by atoms with Crippen molar-refractivity contribution in [2.24, 2.45) is 0 Å². The quantitative estimate of drug-likeness (QED) is 0.436. The molecule has 0 bridgehead atoms. The molecule has 20 heavy (non-hydrogen) atoms. The number of ketones is 1. The van der Waals surface area contributed by atoms with E-state index >= 15 is 0 Å². The van der Waals surface area contributed by atoms with Gasteiger partial charge in [-0.25, -0.2) is 0 Å². The van der Waals surface area contributed by atoms with Gasteiger partial charge in [0.25, 0.3) is 0 Å². The molecular weight excluding hydrogens is 248 g/mol. The van der Waals surface area contributed by atoms with Crippen molar-refractivity contribution in [1.82, 2.24) is 0 Å². The fourth-order valence-corrected chi connectivity index (χ4v) is 1.87. The van der Waals surface area contributed by atoms with E-state index in [-0.39, 0.29) is 5.78 Å². The van der Waals surface area contributed by atoms with Gasteiger partial charge in [-0.05, 0) is 65.9 Å². The van der Waals surface area contributed by atoms with Gasteiger partial charge in [0.05, 0.1) is 5.76 Å². The lowest BCUT2D eigenvalue weighted by atomic mass is 10.0. The molecule has 0 saturated carbocycles. The second-order valence-electron chi connectivity index (χ2n) is 5.84. The molecular formula is C18H30O2. The lowest BCUT2D eigenvalue weighted by Gasteiger charge is -2.06. The minimum absolute atomic E-state index is 0.229. The highest BCUT2D eigenvalue weighted by atomic mass is 16.3. The summed E-state index contributed by atoms with van der Waals surface area (Å²) in [6, 6.07) is 0. The Bertz CT molecular complexity index is 394. The van der Waals surface area contributed by atoms with Gasteiger partial charge in [-0.1, -0.05) is 23.3 Å². The van der Waals surface area contributed by atoms with Crippen molar-refractivity contribution in [3.05, 3.63) is 34.6 Å². The average molecular weight is 278 g/mol. The van der Waals surface area contributed by atoms with Gasteiger partial charge in [-0.2, -0.15) is 0 Å². The standard InChI is InChI=1S/C18H30O2/c1-14(2)8-6-10-16(4)18(20)13-12-15(3)9-7-11-17(5)19/h8-9,20H,6-7,10-13H2,1-5H3. The highest BCUT2D eigenvalue weighted by Crippen LogP contribution is 2.17. The third-order valence-electron chi connectivity index (χ3n) is 3.31. The van der Waals surface area contributed by atoms with Crippen LogP contribution in [0.4, 0.5) is 0 Å². The summed E-state index contributed by atoms with van der Waals surface area (Å²) < 4.78 is 0. The van der Waals surface area contributed by atoms with E-state index in [0.29, 0.717) is 18.6 Å². The zero-order valence-corrected chi connectivity index (χ0v) is 13.8. The molecule has 0 unspecified atom stereocenters. The average Bonchev–Trinajstić information content (AvgIpc) is 2.34. The van der Waals surface area contributed by atoms with Crippen LogP contribution in [0, 0.1) is 0 Å². The van der Waals surface area contributed by atoms with Gasteiger partial charge >= 0.3 is 0 Å². The van der Waals surface area contributed by atoms with Gasteiger partial charge in [0.1, 0.15) is 5.78 Å². The highest BCUT2D eigenvalue weighted by Gasteiger charge is 2.01. The molecule has 0 aromatic carbocycles. The van der Waals surface area contributed by atoms with Crippen molar-refractivity contribution in [2.45, 2.75) is 73.1 Å². The molecule has 0 atom stereocenters. The first-order valence-electron chi connectivity index (χ1n) is 7.49. The minimum atomic E-state index is 0.229. The summed E-state index contributed by atoms with van der Waals surface area (Å²) in [6.07, 6.45) is 9.20. The predicted octanol–water partition coefficient (Wildman–Crippen LogP) is 5.66. The third kappa shape index (κ3) is 10.6. The SMILES string of the molecule is CC(=O)CCC=C(C)CCC(O)=C(C)CCC=C(C)C. The second kappa shape index (κ2) is 10.5. The van der Waals surface area contributed by atoms with Crippen molar-refractivity contribution in [3.63, 3.8) is 0 Å². The number of allylic oxidation sites excluding steroid dienone is 6. The lowest BCUT2D eigenvalue weighted by Crippen LogP contribution is -1.91. The summed E-state index contributed by atoms with van der Waals surface area (Å²) >= 11 is 0. The van der Waals surface area contributed by atoms with E-state index in [1.54, 1.807) is 6.92 Å². The van der Waals surface area contributed by atoms with E-state index in [1.807, 2.05) is 6.92 Å². The van der Waals surface area contributed by atoms with E-state index in [9.17, 15) is 9.90 Å². The van der Waals surface area contributed by atoms with Crippen LogP contribution >= 0.6 is 0 Å². The van der Waals surface area contributed by atoms with Crippen LogP contribution in [0.1, 0.15) is 73.1 Å². The number of carbonyl (C=O) groups excluding carboxylic acids is 1. The maximum atomic E-state index is 10.8. The number of hydrogen-bond donors (Lipinski definition) is 1. The molecule has 2 nitrogen and oxygen atoms in total. The minimum Gasteiger partial charge on any atom is -0.512 e. The van der Waals surface area contributed by atoms with Crippen molar-refractivity contribution >= 4 is 5.78 Å². The Morgan fingerprint density at radius 2 is 1.45 bits per heavy atom. The van der Waals surface area contributed by atoms with Crippen LogP contribution in [-0.2, 0) is 4.79 Å². The Morgan fingerprint density at radius 1 is 0.850 bits per heavy atom. The molecule has 0 rings (SSSR count). The van der Waals surface area contributed by atoms with E-state index < -0.39 is 0 Å². The Hall–Kier alpha value is -1.31. The molecule has 0 aliphatic heterocycles. The molecule has 0 aromatic rings. The second-order valence-corrected chi connectivity index (χ2v) is 5.84. The summed E-state index contributed by atoms with van der Waals surface area (Å²) in [5, 5.41) is 10.0. The molecule has 0 aromatic heterocycles. The van der Waals surface area contributed by atoms with Crippen molar-refractivity contribution in [2.75, 3.05) is 0 Å². The molecule has 114 valence electrons. The highest BCUT2D eigenvalue weighted by molar-refractivity contribution is 5.75. The number of rotatable bonds is 9. The molecule has 0 saturated heterocycles. The van der Waals surface area contributed by atoms with Gasteiger partial charge < -0.3 is 9.90 Å². The van der Waals surface area contributed by atoms with Crippen LogP contribution in [0.5, 0.6) is 0 Å². The Kier molecular flexibility index (Phi) is 9.79. The number of carbonyl (C=O) groups is 1. The number of aliphatic hydroxyl groups excluding tert-OH is 1. The van der Waals surface area contributed by atoms with E-state index in [0.717, 1.165) is 31.3 Å². The van der Waals surface area contributed by atoms with E-state index in [4.69, 9.17) is 0 Å². The number of aliphatic hydroxyl groups is 1. The maximum absolute atomic E-state index is 10.8. The first-order valence-corrected chi connectivity index (χ1v) is 7.49. The zero-order valence-electron chi connectivity index (χ0n) is 13.8. The van der Waals surface area contributed by atoms with Crippen molar-refractivity contribution in [3.8, 4) is 0 Å². The molecule has 0 fully saturated rings. The van der Waals surface area contributed by atoms with Crippen molar-refractivity contribution < 1.29 is 9.90 Å². The normalized spacial score (nSPS) is 12.9. The van der Waals surface area contributed by atoms with Crippen LogP contribution in [-0.4, -0.2) is 10.9 Å². The Labute approximate surface area is 124 Å². The van der Waals surface area contributed by atoms with Crippen molar-refractivity contribution in [1.29, 1.82) is 0 Å². The summed E-state index contributed by atoms with van der Waals surface area (Å²) in [4.78, 5) is 10.8. The van der Waals surface area contributed by atoms with Gasteiger partial charge in [0.2, 0.25) is 0 Å². The van der Waals surface area contributed by atoms with E-state index in [2.05, 4.69) is 32.9 Å². The first-order chi connectivity index (χ1) is 9.32. The van der Waals surface area contributed by atoms with Crippen LogP contribution in [0.25, 0.3) is 0 Å². The molecule has 0 aliphatic rings. The topological polar surface area (TPSA) is 37.3 Å². The first kappa shape index (κ1) is 18.7. The Balaban J connectivity index is 4.14. The largest absolute Gasteiger partial charge is 0.512 e. The summed E-state index contributed by atoms with van der Waals surface area (Å²) in [7, 11) is 0. The molecule has 0 spiro atoms. The fraction of sp³-hybridized carbons (Fsp3) is 0.611. The van der Waals surface area contributed by atoms with Crippen LogP contribution in [0.3, 0.4) is 0 Å². The molecule has 0 amide bonds. The van der Waals surface area contributed by atoms with Gasteiger partial charge in [-0.15, -0.1) is 0 Å². The fourth-order valence-electron chi connectivity index (χ4n) is 1.87. The maximum Gasteiger partial charge on any atom is 0.130 e. The monoisotopic (exact) mass is 278 g/mol. The van der Waals surface area contributed by atoms with Crippen LogP contribution in [0.15, 0.2) is 34.6 Å². The van der Waals surface area contributed by atoms with Gasteiger partial charge in [0.15, 0.2) is 0 Å². The number of Topliss-reactive ketones (excluding diaryl/α,β-unsaturated/α-hetero) is 1. The zero-order chi connectivity index (χ0) is 15.5. The molecule has 0 radical (unpaired) electrons. The third-order valence-corrected chi connectivity index (χ3v) is 3.31. The molecule has 2 heteroatoms. The van der Waals surface area contributed by atoms with E-state index in [1.165, 1.54) is 11.1 Å². The van der Waals surface area contributed by atoms with Gasteiger partial charge in [-0.3, -0.25) is 0 Å². The number of hydrogen-bond acceptors (Lipinski definition) is 2. The smallest absolute Gasteiger partial charge is 0.130 e. The summed E-state index contributed by atoms with van der Waals surface area (Å²) in [5.41, 5.74) is 3.65. The van der Waals surface area contributed by atoms with Crippen LogP contribution < -0.4 is 0 Å². The Morgan fingerprint density at radius 3 is 2.00 bits per heavy atom. The molecule has 0 aliphatic carbocycles. The van der Waals surface area contributed by atoms with Crippen LogP contribution in [0.2, 0.25) is 0 Å². The molecule has 1 N–H and O–H groups in total. The summed E-state index contributed by atoms with van der Waals surface area (Å²) in [6.45, 7) is 9.87. The summed E-state index contributed by atoms with van der Waals surface area (Å²) in [5.74, 6) is 0.749. The van der Waals surface area contributed by atoms with Gasteiger partial charge in [0, 0.05) is 12.8 Å². The lowest BCUT2D eigenvalue weighted by molar-refractivity contribution is -0.116. The molecule has 0 heterocycles. The predicted molar refractivity (Wildman–Crippen MR) is 86.9 cm³/mol.